The SMILES string of the molecule is CN(C(=O)CN1C(=O)NC(C)(c2ccccc2F)C1=O)C1CC1. The van der Waals surface area contributed by atoms with Crippen LogP contribution in [0.5, 0.6) is 0 Å². The minimum atomic E-state index is -1.50. The maximum Gasteiger partial charge on any atom is 0.325 e. The summed E-state index contributed by atoms with van der Waals surface area (Å²) in [5.41, 5.74) is -1.41. The number of imide groups is 1. The van der Waals surface area contributed by atoms with Gasteiger partial charge in [0.2, 0.25) is 5.91 Å². The summed E-state index contributed by atoms with van der Waals surface area (Å²) in [4.78, 5) is 39.3. The Balaban J connectivity index is 1.82. The van der Waals surface area contributed by atoms with Crippen LogP contribution in [0.2, 0.25) is 0 Å². The zero-order valence-electron chi connectivity index (χ0n) is 13.0. The van der Waals surface area contributed by atoms with Crippen LogP contribution in [0.3, 0.4) is 0 Å². The number of urea groups is 1. The number of nitrogens with zero attached hydrogens (tertiary/aromatic N) is 2. The molecule has 1 aromatic carbocycles. The fourth-order valence-electron chi connectivity index (χ4n) is 2.80. The molecule has 7 heteroatoms. The highest BCUT2D eigenvalue weighted by Gasteiger charge is 2.51. The Labute approximate surface area is 133 Å². The normalized spacial score (nSPS) is 23.9. The van der Waals surface area contributed by atoms with Gasteiger partial charge >= 0.3 is 6.03 Å². The third-order valence-corrected chi connectivity index (χ3v) is 4.47. The van der Waals surface area contributed by atoms with E-state index in [4.69, 9.17) is 0 Å². The van der Waals surface area contributed by atoms with Crippen molar-refractivity contribution >= 4 is 17.8 Å². The van der Waals surface area contributed by atoms with E-state index in [2.05, 4.69) is 5.32 Å². The molecule has 0 bridgehead atoms. The van der Waals surface area contributed by atoms with Crippen molar-refractivity contribution in [3.8, 4) is 0 Å². The van der Waals surface area contributed by atoms with Crippen molar-refractivity contribution in [2.45, 2.75) is 31.3 Å². The van der Waals surface area contributed by atoms with Crippen LogP contribution in [0, 0.1) is 5.82 Å². The van der Waals surface area contributed by atoms with Crippen LogP contribution in [-0.4, -0.2) is 47.3 Å². The van der Waals surface area contributed by atoms with Gasteiger partial charge in [-0.3, -0.25) is 14.5 Å². The second-order valence-electron chi connectivity index (χ2n) is 6.16. The molecule has 1 saturated heterocycles. The molecule has 6 nitrogen and oxygen atoms in total. The quantitative estimate of drug-likeness (QED) is 0.848. The van der Waals surface area contributed by atoms with Crippen molar-refractivity contribution in [3.05, 3.63) is 35.6 Å². The Kier molecular flexibility index (Phi) is 3.58. The molecule has 2 fully saturated rings. The highest BCUT2D eigenvalue weighted by atomic mass is 19.1. The molecule has 1 N–H and O–H groups in total. The third kappa shape index (κ3) is 2.56. The van der Waals surface area contributed by atoms with Gasteiger partial charge in [0.05, 0.1) is 0 Å². The van der Waals surface area contributed by atoms with Gasteiger partial charge in [-0.2, -0.15) is 0 Å². The molecule has 2 aliphatic rings. The van der Waals surface area contributed by atoms with Crippen molar-refractivity contribution in [1.29, 1.82) is 0 Å². The fraction of sp³-hybridized carbons (Fsp3) is 0.438. The van der Waals surface area contributed by atoms with Crippen LogP contribution in [0.25, 0.3) is 0 Å². The minimum Gasteiger partial charge on any atom is -0.341 e. The number of hydrogen-bond acceptors (Lipinski definition) is 3. The smallest absolute Gasteiger partial charge is 0.325 e. The second kappa shape index (κ2) is 5.33. The molecule has 1 saturated carbocycles. The van der Waals surface area contributed by atoms with Crippen molar-refractivity contribution in [2.24, 2.45) is 0 Å². The predicted molar refractivity (Wildman–Crippen MR) is 79.8 cm³/mol. The third-order valence-electron chi connectivity index (χ3n) is 4.47. The predicted octanol–water partition coefficient (Wildman–Crippen LogP) is 1.21. The van der Waals surface area contributed by atoms with E-state index in [0.717, 1.165) is 17.7 Å². The lowest BCUT2D eigenvalue weighted by Crippen LogP contribution is -2.44. The molecule has 1 heterocycles. The first-order valence-corrected chi connectivity index (χ1v) is 7.49. The van der Waals surface area contributed by atoms with Crippen molar-refractivity contribution < 1.29 is 18.8 Å². The van der Waals surface area contributed by atoms with Crippen molar-refractivity contribution in [1.82, 2.24) is 15.1 Å². The lowest BCUT2D eigenvalue weighted by atomic mass is 9.91. The van der Waals surface area contributed by atoms with Gasteiger partial charge in [0.25, 0.3) is 5.91 Å². The molecule has 0 aromatic heterocycles. The van der Waals surface area contributed by atoms with E-state index in [9.17, 15) is 18.8 Å². The zero-order chi connectivity index (χ0) is 16.8. The number of carbonyl (C=O) groups excluding carboxylic acids is 3. The monoisotopic (exact) mass is 319 g/mol. The highest BCUT2D eigenvalue weighted by Crippen LogP contribution is 2.31. The van der Waals surface area contributed by atoms with Gasteiger partial charge in [-0.15, -0.1) is 0 Å². The Bertz CT molecular complexity index is 689. The summed E-state index contributed by atoms with van der Waals surface area (Å²) < 4.78 is 14.0. The van der Waals surface area contributed by atoms with Gasteiger partial charge in [-0.1, -0.05) is 18.2 Å². The molecule has 1 aliphatic heterocycles. The van der Waals surface area contributed by atoms with E-state index < -0.39 is 23.3 Å². The minimum absolute atomic E-state index is 0.0869. The fourth-order valence-corrected chi connectivity index (χ4v) is 2.80. The summed E-state index contributed by atoms with van der Waals surface area (Å²) in [7, 11) is 1.66. The molecule has 122 valence electrons. The number of benzene rings is 1. The lowest BCUT2D eigenvalue weighted by Gasteiger charge is -2.23. The summed E-state index contributed by atoms with van der Waals surface area (Å²) in [6, 6.07) is 5.30. The molecule has 1 aliphatic carbocycles. The van der Waals surface area contributed by atoms with Gasteiger partial charge < -0.3 is 10.2 Å². The summed E-state index contributed by atoms with van der Waals surface area (Å²) in [6.07, 6.45) is 1.88. The maximum absolute atomic E-state index is 14.0. The van der Waals surface area contributed by atoms with Gasteiger partial charge in [-0.05, 0) is 25.8 Å². The van der Waals surface area contributed by atoms with Crippen LogP contribution in [0.1, 0.15) is 25.3 Å². The molecule has 1 unspecified atom stereocenters. The molecule has 0 radical (unpaired) electrons. The summed E-state index contributed by atoms with van der Waals surface area (Å²) >= 11 is 0. The Morgan fingerprint density at radius 1 is 1.39 bits per heavy atom. The van der Waals surface area contributed by atoms with Gasteiger partial charge in [-0.25, -0.2) is 9.18 Å². The average Bonchev–Trinajstić information content (AvgIpc) is 3.32. The summed E-state index contributed by atoms with van der Waals surface area (Å²) in [6.45, 7) is 1.11. The van der Waals surface area contributed by atoms with Crippen LogP contribution < -0.4 is 5.32 Å². The first kappa shape index (κ1) is 15.5. The van der Waals surface area contributed by atoms with E-state index in [1.807, 2.05) is 0 Å². The number of amides is 4. The maximum atomic E-state index is 14.0. The molecule has 1 aromatic rings. The van der Waals surface area contributed by atoms with Gasteiger partial charge in [0.15, 0.2) is 0 Å². The molecule has 1 atom stereocenters. The Morgan fingerprint density at radius 2 is 2.04 bits per heavy atom. The topological polar surface area (TPSA) is 69.7 Å². The summed E-state index contributed by atoms with van der Waals surface area (Å²) in [5.74, 6) is -1.49. The average molecular weight is 319 g/mol. The molecule has 0 spiro atoms. The van der Waals surface area contributed by atoms with Crippen LogP contribution >= 0.6 is 0 Å². The first-order chi connectivity index (χ1) is 10.8. The van der Waals surface area contributed by atoms with Crippen LogP contribution in [-0.2, 0) is 15.1 Å². The molecular formula is C16H18FN3O3. The van der Waals surface area contributed by atoms with Crippen LogP contribution in [0.4, 0.5) is 9.18 Å². The van der Waals surface area contributed by atoms with E-state index in [-0.39, 0.29) is 24.1 Å². The number of carbonyl (C=O) groups is 3. The molecule has 4 amide bonds. The molecule has 3 rings (SSSR count). The first-order valence-electron chi connectivity index (χ1n) is 7.49. The van der Waals surface area contributed by atoms with E-state index in [0.29, 0.717) is 0 Å². The Morgan fingerprint density at radius 3 is 2.65 bits per heavy atom. The van der Waals surface area contributed by atoms with Gasteiger partial charge in [0, 0.05) is 18.7 Å². The largest absolute Gasteiger partial charge is 0.341 e. The second-order valence-corrected chi connectivity index (χ2v) is 6.16. The zero-order valence-corrected chi connectivity index (χ0v) is 13.0. The van der Waals surface area contributed by atoms with Crippen molar-refractivity contribution in [2.75, 3.05) is 13.6 Å². The number of hydrogen-bond donors (Lipinski definition) is 1. The summed E-state index contributed by atoms with van der Waals surface area (Å²) in [5, 5.41) is 2.50. The number of halogens is 1. The standard InChI is InChI=1S/C16H18FN3O3/c1-16(11-5-3-4-6-12(11)17)14(22)20(15(23)18-16)9-13(21)19(2)10-7-8-10/h3-6,10H,7-9H2,1-2H3,(H,18,23). The van der Waals surface area contributed by atoms with E-state index in [1.54, 1.807) is 18.0 Å². The van der Waals surface area contributed by atoms with E-state index >= 15 is 0 Å². The highest BCUT2D eigenvalue weighted by molar-refractivity contribution is 6.09. The number of rotatable bonds is 4. The van der Waals surface area contributed by atoms with Crippen LogP contribution in [0.15, 0.2) is 24.3 Å². The van der Waals surface area contributed by atoms with E-state index in [1.165, 1.54) is 25.1 Å². The number of nitrogens with one attached hydrogen (secondary N) is 1. The Hall–Kier alpha value is -2.44. The lowest BCUT2D eigenvalue weighted by molar-refractivity contribution is -0.138. The van der Waals surface area contributed by atoms with Crippen molar-refractivity contribution in [3.63, 3.8) is 0 Å². The molecule has 23 heavy (non-hydrogen) atoms. The van der Waals surface area contributed by atoms with Gasteiger partial charge in [0.1, 0.15) is 17.9 Å². The molecular weight excluding hydrogens is 301 g/mol. The number of likely N-dealkylation sites (N-methyl/N-ethyl adjacent to an activating group) is 1.